The highest BCUT2D eigenvalue weighted by atomic mass is 19.1. The van der Waals surface area contributed by atoms with Crippen LogP contribution in [0, 0.1) is 11.7 Å². The number of hydrogen-bond donors (Lipinski definition) is 0. The molecule has 2 aliphatic rings. The number of benzene rings is 2. The number of rotatable bonds is 4. The summed E-state index contributed by atoms with van der Waals surface area (Å²) in [7, 11) is 0. The van der Waals surface area contributed by atoms with Crippen molar-refractivity contribution in [2.75, 3.05) is 26.3 Å². The number of pyridine rings is 1. The smallest absolute Gasteiger partial charge is 0.233 e. The molecule has 0 bridgehead atoms. The predicted molar refractivity (Wildman–Crippen MR) is 123 cm³/mol. The fraction of sp³-hybridized carbons (Fsp3) is 0.407. The lowest BCUT2D eigenvalue weighted by atomic mass is 9.77. The molecule has 0 N–H and O–H groups in total. The minimum atomic E-state index is -0.609. The van der Waals surface area contributed by atoms with E-state index in [9.17, 15) is 9.18 Å². The van der Waals surface area contributed by atoms with Crippen molar-refractivity contribution in [1.82, 2.24) is 9.88 Å². The van der Waals surface area contributed by atoms with E-state index >= 15 is 0 Å². The number of nitrogens with zero attached hydrogens (tertiary/aromatic N) is 2. The number of fused-ring (bicyclic) bond motifs is 1. The summed E-state index contributed by atoms with van der Waals surface area (Å²) < 4.78 is 20.0. The molecule has 1 aliphatic heterocycles. The second-order valence-electron chi connectivity index (χ2n) is 9.21. The minimum Gasteiger partial charge on any atom is -0.379 e. The molecule has 2 heterocycles. The van der Waals surface area contributed by atoms with Crippen molar-refractivity contribution < 1.29 is 13.9 Å². The van der Waals surface area contributed by atoms with Crippen LogP contribution >= 0.6 is 0 Å². The lowest BCUT2D eigenvalue weighted by Crippen LogP contribution is -2.47. The van der Waals surface area contributed by atoms with Crippen molar-refractivity contribution in [1.29, 1.82) is 0 Å². The zero-order chi connectivity index (χ0) is 22.0. The summed E-state index contributed by atoms with van der Waals surface area (Å²) in [6.45, 7) is 2.43. The maximum atomic E-state index is 14.0. The number of aromatic nitrogens is 1. The van der Waals surface area contributed by atoms with Crippen LogP contribution in [0.1, 0.15) is 36.8 Å². The van der Waals surface area contributed by atoms with E-state index in [1.165, 1.54) is 17.0 Å². The van der Waals surface area contributed by atoms with Crippen LogP contribution in [0.2, 0.25) is 0 Å². The van der Waals surface area contributed by atoms with Crippen LogP contribution in [-0.2, 0) is 21.4 Å². The molecule has 1 aromatic heterocycles. The Morgan fingerprint density at radius 1 is 1.16 bits per heavy atom. The Hall–Kier alpha value is -2.79. The highest BCUT2D eigenvalue weighted by Crippen LogP contribution is 2.43. The van der Waals surface area contributed by atoms with Gasteiger partial charge in [0, 0.05) is 36.8 Å². The number of carbonyl (C=O) groups excluding carboxylic acids is 1. The van der Waals surface area contributed by atoms with Gasteiger partial charge in [0.05, 0.1) is 18.6 Å². The SMILES string of the molecule is O=C(N1CCOCC(Cc2cccc3cnccc23)C1)C1(c2cccc(F)c2)CCCC1. The van der Waals surface area contributed by atoms with Gasteiger partial charge in [0.25, 0.3) is 0 Å². The number of amides is 1. The van der Waals surface area contributed by atoms with Crippen molar-refractivity contribution in [3.05, 3.63) is 77.9 Å². The fourth-order valence-corrected chi connectivity index (χ4v) is 5.56. The molecular formula is C27H29FN2O2. The minimum absolute atomic E-state index is 0.137. The molecule has 3 aromatic rings. The predicted octanol–water partition coefficient (Wildman–Crippen LogP) is 4.90. The zero-order valence-electron chi connectivity index (χ0n) is 18.3. The molecule has 1 saturated carbocycles. The number of halogens is 1. The fourth-order valence-electron chi connectivity index (χ4n) is 5.56. The van der Waals surface area contributed by atoms with Gasteiger partial charge in [0.15, 0.2) is 0 Å². The van der Waals surface area contributed by atoms with E-state index in [4.69, 9.17) is 4.74 Å². The Balaban J connectivity index is 1.40. The maximum absolute atomic E-state index is 14.0. The van der Waals surface area contributed by atoms with Crippen molar-refractivity contribution in [2.45, 2.75) is 37.5 Å². The average Bonchev–Trinajstić information content (AvgIpc) is 3.21. The highest BCUT2D eigenvalue weighted by Gasteiger charge is 2.45. The molecule has 1 saturated heterocycles. The van der Waals surface area contributed by atoms with Gasteiger partial charge in [-0.05, 0) is 54.0 Å². The first-order valence-corrected chi connectivity index (χ1v) is 11.6. The van der Waals surface area contributed by atoms with Gasteiger partial charge >= 0.3 is 0 Å². The maximum Gasteiger partial charge on any atom is 0.233 e. The van der Waals surface area contributed by atoms with Gasteiger partial charge < -0.3 is 9.64 Å². The third kappa shape index (κ3) is 4.02. The van der Waals surface area contributed by atoms with E-state index in [0.717, 1.165) is 43.1 Å². The first-order valence-electron chi connectivity index (χ1n) is 11.6. The molecule has 2 fully saturated rings. The number of ether oxygens (including phenoxy) is 1. The molecule has 0 spiro atoms. The summed E-state index contributed by atoms with van der Waals surface area (Å²) >= 11 is 0. The monoisotopic (exact) mass is 432 g/mol. The molecule has 1 amide bonds. The van der Waals surface area contributed by atoms with Crippen LogP contribution in [0.4, 0.5) is 4.39 Å². The van der Waals surface area contributed by atoms with Gasteiger partial charge in [-0.2, -0.15) is 0 Å². The first-order chi connectivity index (χ1) is 15.7. The van der Waals surface area contributed by atoms with Crippen LogP contribution in [-0.4, -0.2) is 42.1 Å². The van der Waals surface area contributed by atoms with E-state index in [1.807, 2.05) is 23.4 Å². The van der Waals surface area contributed by atoms with Crippen molar-refractivity contribution in [2.24, 2.45) is 5.92 Å². The molecule has 0 radical (unpaired) electrons. The normalized spacial score (nSPS) is 20.9. The number of carbonyl (C=O) groups is 1. The van der Waals surface area contributed by atoms with Gasteiger partial charge in [0.1, 0.15) is 5.82 Å². The zero-order valence-corrected chi connectivity index (χ0v) is 18.3. The van der Waals surface area contributed by atoms with Gasteiger partial charge in [-0.3, -0.25) is 9.78 Å². The molecular weight excluding hydrogens is 403 g/mol. The summed E-state index contributed by atoms with van der Waals surface area (Å²) in [4.78, 5) is 20.2. The van der Waals surface area contributed by atoms with Gasteiger partial charge in [-0.1, -0.05) is 43.2 Å². The topological polar surface area (TPSA) is 42.4 Å². The average molecular weight is 433 g/mol. The van der Waals surface area contributed by atoms with Crippen molar-refractivity contribution in [3.63, 3.8) is 0 Å². The molecule has 1 aliphatic carbocycles. The van der Waals surface area contributed by atoms with E-state index in [-0.39, 0.29) is 17.6 Å². The second-order valence-corrected chi connectivity index (χ2v) is 9.21. The largest absolute Gasteiger partial charge is 0.379 e. The molecule has 5 rings (SSSR count). The van der Waals surface area contributed by atoms with Gasteiger partial charge in [-0.25, -0.2) is 4.39 Å². The van der Waals surface area contributed by atoms with Gasteiger partial charge in [0.2, 0.25) is 5.91 Å². The summed E-state index contributed by atoms with van der Waals surface area (Å²) in [5.74, 6) is 0.0773. The standard InChI is InChI=1S/C27H29FN2O2/c28-24-8-4-7-23(16-24)27(10-1-2-11-27)26(31)30-13-14-32-19-20(18-30)15-21-5-3-6-22-17-29-12-9-25(21)22/h3-9,12,16-17,20H,1-2,10-11,13-15,18-19H2. The second kappa shape index (κ2) is 8.99. The van der Waals surface area contributed by atoms with Crippen LogP contribution in [0.5, 0.6) is 0 Å². The molecule has 4 nitrogen and oxygen atoms in total. The summed E-state index contributed by atoms with van der Waals surface area (Å²) in [5.41, 5.74) is 1.47. The molecule has 2 aromatic carbocycles. The third-order valence-corrected chi connectivity index (χ3v) is 7.15. The van der Waals surface area contributed by atoms with Gasteiger partial charge in [-0.15, -0.1) is 0 Å². The lowest BCUT2D eigenvalue weighted by molar-refractivity contribution is -0.137. The van der Waals surface area contributed by atoms with E-state index < -0.39 is 5.41 Å². The molecule has 32 heavy (non-hydrogen) atoms. The Morgan fingerprint density at radius 2 is 2.00 bits per heavy atom. The van der Waals surface area contributed by atoms with E-state index in [1.54, 1.807) is 12.1 Å². The van der Waals surface area contributed by atoms with Crippen molar-refractivity contribution >= 4 is 16.7 Å². The summed E-state index contributed by atoms with van der Waals surface area (Å²) in [5, 5.41) is 2.33. The van der Waals surface area contributed by atoms with E-state index in [0.29, 0.717) is 26.3 Å². The van der Waals surface area contributed by atoms with E-state index in [2.05, 4.69) is 29.2 Å². The molecule has 166 valence electrons. The molecule has 1 unspecified atom stereocenters. The Labute approximate surface area is 188 Å². The summed E-state index contributed by atoms with van der Waals surface area (Å²) in [6, 6.07) is 15.0. The summed E-state index contributed by atoms with van der Waals surface area (Å²) in [6.07, 6.45) is 8.13. The van der Waals surface area contributed by atoms with Crippen LogP contribution in [0.25, 0.3) is 10.8 Å². The molecule has 5 heteroatoms. The third-order valence-electron chi connectivity index (χ3n) is 7.15. The highest BCUT2D eigenvalue weighted by molar-refractivity contribution is 5.89. The Bertz CT molecular complexity index is 1100. The van der Waals surface area contributed by atoms with Crippen LogP contribution < -0.4 is 0 Å². The first kappa shape index (κ1) is 21.1. The lowest BCUT2D eigenvalue weighted by Gasteiger charge is -2.35. The molecule has 1 atom stereocenters. The number of hydrogen-bond acceptors (Lipinski definition) is 3. The quantitative estimate of drug-likeness (QED) is 0.589. The Morgan fingerprint density at radius 3 is 2.84 bits per heavy atom. The van der Waals surface area contributed by atoms with Crippen LogP contribution in [0.15, 0.2) is 60.9 Å². The van der Waals surface area contributed by atoms with Crippen molar-refractivity contribution in [3.8, 4) is 0 Å². The van der Waals surface area contributed by atoms with Crippen LogP contribution in [0.3, 0.4) is 0 Å². The Kier molecular flexibility index (Phi) is 5.92.